The van der Waals surface area contributed by atoms with Crippen molar-refractivity contribution in [3.8, 4) is 5.75 Å². The van der Waals surface area contributed by atoms with E-state index in [1.807, 2.05) is 25.1 Å². The van der Waals surface area contributed by atoms with E-state index in [2.05, 4.69) is 0 Å². The molecular weight excluding hydrogens is 314 g/mol. The molecule has 0 bridgehead atoms. The molecule has 122 valence electrons. The van der Waals surface area contributed by atoms with Gasteiger partial charge in [-0.25, -0.2) is 0 Å². The molecular formula is C18H20ClNO3. The molecule has 1 N–H and O–H groups in total. The molecule has 0 radical (unpaired) electrons. The molecule has 0 heterocycles. The summed E-state index contributed by atoms with van der Waals surface area (Å²) in [7, 11) is 0. The van der Waals surface area contributed by atoms with E-state index in [1.165, 1.54) is 0 Å². The van der Waals surface area contributed by atoms with Crippen LogP contribution in [0.1, 0.15) is 22.8 Å². The van der Waals surface area contributed by atoms with Crippen LogP contribution in [0, 0.1) is 0 Å². The van der Waals surface area contributed by atoms with Crippen LogP contribution in [-0.2, 0) is 6.61 Å². The summed E-state index contributed by atoms with van der Waals surface area (Å²) < 4.78 is 5.80. The van der Waals surface area contributed by atoms with Crippen molar-refractivity contribution in [3.05, 3.63) is 64.7 Å². The average Bonchev–Trinajstić information content (AvgIpc) is 2.59. The lowest BCUT2D eigenvalue weighted by atomic mass is 10.1. The summed E-state index contributed by atoms with van der Waals surface area (Å²) in [5, 5.41) is 9.74. The molecule has 0 saturated carbocycles. The van der Waals surface area contributed by atoms with Crippen molar-refractivity contribution >= 4 is 17.5 Å². The second-order valence-corrected chi connectivity index (χ2v) is 5.46. The number of carbonyl (C=O) groups excluding carboxylic acids is 1. The molecule has 1 amide bonds. The third kappa shape index (κ3) is 4.71. The molecule has 0 aliphatic rings. The van der Waals surface area contributed by atoms with E-state index in [0.717, 1.165) is 5.56 Å². The Morgan fingerprint density at radius 2 is 1.87 bits per heavy atom. The van der Waals surface area contributed by atoms with Gasteiger partial charge in [0.15, 0.2) is 0 Å². The second kappa shape index (κ2) is 8.56. The number of para-hydroxylation sites is 1. The number of aliphatic hydroxyl groups excluding tert-OH is 1. The number of nitrogens with zero attached hydrogens (tertiary/aromatic N) is 1. The maximum absolute atomic E-state index is 12.6. The Morgan fingerprint density at radius 3 is 2.52 bits per heavy atom. The van der Waals surface area contributed by atoms with E-state index in [0.29, 0.717) is 36.0 Å². The Bertz CT molecular complexity index is 643. The fourth-order valence-corrected chi connectivity index (χ4v) is 2.33. The lowest BCUT2D eigenvalue weighted by Gasteiger charge is -2.21. The number of rotatable bonds is 7. The van der Waals surface area contributed by atoms with Gasteiger partial charge in [0.05, 0.1) is 12.2 Å². The summed E-state index contributed by atoms with van der Waals surface area (Å²) in [6.45, 7) is 3.01. The number of hydrogen-bond acceptors (Lipinski definition) is 3. The molecule has 2 rings (SSSR count). The molecule has 5 heteroatoms. The zero-order chi connectivity index (χ0) is 16.7. The van der Waals surface area contributed by atoms with E-state index in [-0.39, 0.29) is 12.5 Å². The molecule has 4 nitrogen and oxygen atoms in total. The molecule has 0 saturated heterocycles. The molecule has 0 aliphatic heterocycles. The number of halogens is 1. The highest BCUT2D eigenvalue weighted by Crippen LogP contribution is 2.21. The molecule has 0 spiro atoms. The quantitative estimate of drug-likeness (QED) is 0.845. The lowest BCUT2D eigenvalue weighted by Crippen LogP contribution is -2.33. The number of hydrogen-bond donors (Lipinski definition) is 1. The van der Waals surface area contributed by atoms with Crippen LogP contribution < -0.4 is 4.74 Å². The Kier molecular flexibility index (Phi) is 6.44. The van der Waals surface area contributed by atoms with Crippen molar-refractivity contribution in [1.29, 1.82) is 0 Å². The van der Waals surface area contributed by atoms with Gasteiger partial charge < -0.3 is 14.7 Å². The van der Waals surface area contributed by atoms with E-state index < -0.39 is 0 Å². The fourth-order valence-electron chi connectivity index (χ4n) is 2.21. The Labute approximate surface area is 141 Å². The van der Waals surface area contributed by atoms with Gasteiger partial charge in [0, 0.05) is 18.1 Å². The maximum atomic E-state index is 12.6. The molecule has 0 aromatic heterocycles. The van der Waals surface area contributed by atoms with Gasteiger partial charge in [-0.3, -0.25) is 4.79 Å². The van der Waals surface area contributed by atoms with Crippen molar-refractivity contribution in [2.24, 2.45) is 0 Å². The van der Waals surface area contributed by atoms with E-state index in [4.69, 9.17) is 21.4 Å². The SMILES string of the molecule is CCN(CCO)C(=O)c1ccccc1OCc1ccc(Cl)cc1. The minimum atomic E-state index is -0.145. The highest BCUT2D eigenvalue weighted by Gasteiger charge is 2.17. The summed E-state index contributed by atoms with van der Waals surface area (Å²) in [6.07, 6.45) is 0. The van der Waals surface area contributed by atoms with Gasteiger partial charge in [-0.05, 0) is 36.8 Å². The number of ether oxygens (including phenoxy) is 1. The second-order valence-electron chi connectivity index (χ2n) is 5.02. The fraction of sp³-hybridized carbons (Fsp3) is 0.278. The number of amides is 1. The summed E-state index contributed by atoms with van der Waals surface area (Å²) in [5.41, 5.74) is 1.47. The number of likely N-dealkylation sites (N-methyl/N-ethyl adjacent to an activating group) is 1. The minimum Gasteiger partial charge on any atom is -0.488 e. The number of benzene rings is 2. The van der Waals surface area contributed by atoms with Gasteiger partial charge in [0.2, 0.25) is 0 Å². The highest BCUT2D eigenvalue weighted by molar-refractivity contribution is 6.30. The van der Waals surface area contributed by atoms with Crippen LogP contribution in [-0.4, -0.2) is 35.6 Å². The van der Waals surface area contributed by atoms with Gasteiger partial charge in [-0.15, -0.1) is 0 Å². The first kappa shape index (κ1) is 17.3. The predicted octanol–water partition coefficient (Wildman–Crippen LogP) is 3.37. The standard InChI is InChI=1S/C18H20ClNO3/c1-2-20(11-12-21)18(22)16-5-3-4-6-17(16)23-13-14-7-9-15(19)10-8-14/h3-10,21H,2,11-13H2,1H3. The van der Waals surface area contributed by atoms with Gasteiger partial charge in [0.1, 0.15) is 12.4 Å². The Balaban J connectivity index is 2.13. The third-order valence-corrected chi connectivity index (χ3v) is 3.72. The Morgan fingerprint density at radius 1 is 1.17 bits per heavy atom. The van der Waals surface area contributed by atoms with Crippen LogP contribution in [0.3, 0.4) is 0 Å². The van der Waals surface area contributed by atoms with Crippen LogP contribution >= 0.6 is 11.6 Å². The first-order chi connectivity index (χ1) is 11.2. The molecule has 2 aromatic rings. The number of carbonyl (C=O) groups is 1. The molecule has 0 atom stereocenters. The summed E-state index contributed by atoms with van der Waals surface area (Å²) in [5.74, 6) is 0.386. The van der Waals surface area contributed by atoms with Crippen molar-refractivity contribution in [1.82, 2.24) is 4.90 Å². The van der Waals surface area contributed by atoms with Gasteiger partial charge >= 0.3 is 0 Å². The van der Waals surface area contributed by atoms with Crippen LogP contribution in [0.2, 0.25) is 5.02 Å². The normalized spacial score (nSPS) is 10.4. The first-order valence-electron chi connectivity index (χ1n) is 7.52. The highest BCUT2D eigenvalue weighted by atomic mass is 35.5. The van der Waals surface area contributed by atoms with E-state index in [1.54, 1.807) is 35.2 Å². The monoisotopic (exact) mass is 333 g/mol. The van der Waals surface area contributed by atoms with Gasteiger partial charge in [0.25, 0.3) is 5.91 Å². The van der Waals surface area contributed by atoms with Crippen molar-refractivity contribution < 1.29 is 14.6 Å². The van der Waals surface area contributed by atoms with Gasteiger partial charge in [-0.2, -0.15) is 0 Å². The molecule has 2 aromatic carbocycles. The predicted molar refractivity (Wildman–Crippen MR) is 90.9 cm³/mol. The molecule has 0 fully saturated rings. The van der Waals surface area contributed by atoms with E-state index in [9.17, 15) is 4.79 Å². The summed E-state index contributed by atoms with van der Waals surface area (Å²) in [6, 6.07) is 14.5. The molecule has 0 unspecified atom stereocenters. The lowest BCUT2D eigenvalue weighted by molar-refractivity contribution is 0.0727. The summed E-state index contributed by atoms with van der Waals surface area (Å²) in [4.78, 5) is 14.1. The van der Waals surface area contributed by atoms with Gasteiger partial charge in [-0.1, -0.05) is 35.9 Å². The number of aliphatic hydroxyl groups is 1. The third-order valence-electron chi connectivity index (χ3n) is 3.46. The first-order valence-corrected chi connectivity index (χ1v) is 7.90. The topological polar surface area (TPSA) is 49.8 Å². The zero-order valence-corrected chi connectivity index (χ0v) is 13.8. The van der Waals surface area contributed by atoms with E-state index >= 15 is 0 Å². The largest absolute Gasteiger partial charge is 0.488 e. The average molecular weight is 334 g/mol. The zero-order valence-electron chi connectivity index (χ0n) is 13.0. The van der Waals surface area contributed by atoms with Crippen molar-refractivity contribution in [2.45, 2.75) is 13.5 Å². The smallest absolute Gasteiger partial charge is 0.257 e. The maximum Gasteiger partial charge on any atom is 0.257 e. The van der Waals surface area contributed by atoms with Crippen LogP contribution in [0.25, 0.3) is 0 Å². The van der Waals surface area contributed by atoms with Crippen LogP contribution in [0.15, 0.2) is 48.5 Å². The van der Waals surface area contributed by atoms with Crippen molar-refractivity contribution in [3.63, 3.8) is 0 Å². The minimum absolute atomic E-state index is 0.0621. The van der Waals surface area contributed by atoms with Crippen molar-refractivity contribution in [2.75, 3.05) is 19.7 Å². The molecule has 23 heavy (non-hydrogen) atoms. The Hall–Kier alpha value is -2.04. The van der Waals surface area contributed by atoms with Crippen LogP contribution in [0.4, 0.5) is 0 Å². The summed E-state index contributed by atoms with van der Waals surface area (Å²) >= 11 is 5.86. The van der Waals surface area contributed by atoms with Crippen LogP contribution in [0.5, 0.6) is 5.75 Å². The molecule has 0 aliphatic carbocycles.